The van der Waals surface area contributed by atoms with Crippen LogP contribution in [0.15, 0.2) is 29.3 Å². The summed E-state index contributed by atoms with van der Waals surface area (Å²) in [6.45, 7) is 5.21. The SMILES string of the molecule is CCNC(=NCCNc1ccccc1[N+](=O)[O-])NC1CCN(C(=O)C2CCCC2)C1. The van der Waals surface area contributed by atoms with Crippen molar-refractivity contribution in [2.75, 3.05) is 38.0 Å². The fraction of sp³-hybridized carbons (Fsp3) is 0.619. The molecule has 1 aromatic carbocycles. The zero-order valence-corrected chi connectivity index (χ0v) is 17.6. The Hall–Kier alpha value is -2.84. The first-order chi connectivity index (χ1) is 14.6. The second-order valence-corrected chi connectivity index (χ2v) is 7.86. The zero-order valence-electron chi connectivity index (χ0n) is 17.6. The van der Waals surface area contributed by atoms with Crippen molar-refractivity contribution in [3.05, 3.63) is 34.4 Å². The molecule has 2 fully saturated rings. The number of anilines is 1. The highest BCUT2D eigenvalue weighted by molar-refractivity contribution is 5.81. The highest BCUT2D eigenvalue weighted by atomic mass is 16.6. The average Bonchev–Trinajstić information content (AvgIpc) is 3.43. The topological polar surface area (TPSA) is 112 Å². The van der Waals surface area contributed by atoms with Gasteiger partial charge in [-0.2, -0.15) is 0 Å². The van der Waals surface area contributed by atoms with E-state index in [1.54, 1.807) is 18.2 Å². The molecule has 164 valence electrons. The molecule has 1 unspecified atom stereocenters. The fourth-order valence-corrected chi connectivity index (χ4v) is 4.16. The molecule has 30 heavy (non-hydrogen) atoms. The molecule has 1 atom stereocenters. The first-order valence-electron chi connectivity index (χ1n) is 10.9. The fourth-order valence-electron chi connectivity index (χ4n) is 4.16. The van der Waals surface area contributed by atoms with Gasteiger partial charge in [-0.25, -0.2) is 0 Å². The number of hydrogen-bond donors (Lipinski definition) is 3. The van der Waals surface area contributed by atoms with Gasteiger partial charge >= 0.3 is 0 Å². The predicted octanol–water partition coefficient (Wildman–Crippen LogP) is 2.35. The number of nitro groups is 1. The van der Waals surface area contributed by atoms with Crippen LogP contribution in [0.4, 0.5) is 11.4 Å². The number of aliphatic imine (C=N–C) groups is 1. The number of benzene rings is 1. The van der Waals surface area contributed by atoms with E-state index >= 15 is 0 Å². The molecule has 3 rings (SSSR count). The monoisotopic (exact) mass is 416 g/mol. The van der Waals surface area contributed by atoms with Gasteiger partial charge in [-0.05, 0) is 32.3 Å². The summed E-state index contributed by atoms with van der Waals surface area (Å²) in [6, 6.07) is 6.78. The number of para-hydroxylation sites is 2. The lowest BCUT2D eigenvalue weighted by Crippen LogP contribution is -2.45. The summed E-state index contributed by atoms with van der Waals surface area (Å²) in [5.41, 5.74) is 0.553. The Kier molecular flexibility index (Phi) is 7.87. The summed E-state index contributed by atoms with van der Waals surface area (Å²) in [7, 11) is 0. The molecule has 1 aromatic rings. The maximum atomic E-state index is 12.6. The Labute approximate surface area is 177 Å². The molecule has 2 aliphatic rings. The highest BCUT2D eigenvalue weighted by Gasteiger charge is 2.32. The van der Waals surface area contributed by atoms with Crippen LogP contribution in [-0.2, 0) is 4.79 Å². The van der Waals surface area contributed by atoms with E-state index in [0.717, 1.165) is 32.4 Å². The standard InChI is InChI=1S/C21H32N6O3/c1-2-22-21(24-13-12-23-18-9-5-6-10-19(18)27(29)30)25-17-11-14-26(15-17)20(28)16-7-3-4-8-16/h5-6,9-10,16-17,23H,2-4,7-8,11-15H2,1H3,(H2,22,24,25). The normalized spacial score (nSPS) is 19.7. The van der Waals surface area contributed by atoms with E-state index in [0.29, 0.717) is 37.2 Å². The lowest BCUT2D eigenvalue weighted by Gasteiger charge is -2.21. The van der Waals surface area contributed by atoms with Gasteiger partial charge < -0.3 is 20.9 Å². The van der Waals surface area contributed by atoms with E-state index in [1.165, 1.54) is 18.9 Å². The third-order valence-electron chi connectivity index (χ3n) is 5.69. The molecule has 3 N–H and O–H groups in total. The molecule has 0 bridgehead atoms. The Morgan fingerprint density at radius 3 is 2.77 bits per heavy atom. The van der Waals surface area contributed by atoms with Gasteiger partial charge in [0.25, 0.3) is 5.69 Å². The number of guanidine groups is 1. The summed E-state index contributed by atoms with van der Waals surface area (Å²) in [5, 5.41) is 20.8. The number of nitrogens with one attached hydrogen (secondary N) is 3. The van der Waals surface area contributed by atoms with Crippen molar-refractivity contribution in [2.24, 2.45) is 10.9 Å². The molecule has 0 aromatic heterocycles. The second kappa shape index (κ2) is 10.8. The Balaban J connectivity index is 1.48. The van der Waals surface area contributed by atoms with Crippen LogP contribution in [0.3, 0.4) is 0 Å². The summed E-state index contributed by atoms with van der Waals surface area (Å²) in [6.07, 6.45) is 5.32. The molecule has 1 heterocycles. The van der Waals surface area contributed by atoms with Crippen LogP contribution < -0.4 is 16.0 Å². The van der Waals surface area contributed by atoms with Crippen molar-refractivity contribution in [1.82, 2.24) is 15.5 Å². The van der Waals surface area contributed by atoms with Crippen molar-refractivity contribution >= 4 is 23.2 Å². The van der Waals surface area contributed by atoms with Crippen LogP contribution in [0.2, 0.25) is 0 Å². The quantitative estimate of drug-likeness (QED) is 0.197. The van der Waals surface area contributed by atoms with Crippen molar-refractivity contribution in [3.63, 3.8) is 0 Å². The minimum atomic E-state index is -0.393. The van der Waals surface area contributed by atoms with E-state index in [-0.39, 0.29) is 17.6 Å². The number of amides is 1. The van der Waals surface area contributed by atoms with E-state index in [4.69, 9.17) is 0 Å². The van der Waals surface area contributed by atoms with Gasteiger partial charge in [0.2, 0.25) is 5.91 Å². The molecule has 0 radical (unpaired) electrons. The molecule has 1 amide bonds. The van der Waals surface area contributed by atoms with Gasteiger partial charge in [0.05, 0.1) is 11.5 Å². The number of carbonyl (C=O) groups is 1. The first-order valence-corrected chi connectivity index (χ1v) is 10.9. The number of hydrogen-bond acceptors (Lipinski definition) is 5. The maximum absolute atomic E-state index is 12.6. The summed E-state index contributed by atoms with van der Waals surface area (Å²) in [5.74, 6) is 1.24. The molecular weight excluding hydrogens is 384 g/mol. The van der Waals surface area contributed by atoms with Crippen LogP contribution in [-0.4, -0.2) is 60.5 Å². The summed E-state index contributed by atoms with van der Waals surface area (Å²) >= 11 is 0. The van der Waals surface area contributed by atoms with Crippen molar-refractivity contribution in [2.45, 2.75) is 45.1 Å². The smallest absolute Gasteiger partial charge is 0.292 e. The zero-order chi connectivity index (χ0) is 21.3. The Morgan fingerprint density at radius 1 is 1.27 bits per heavy atom. The second-order valence-electron chi connectivity index (χ2n) is 7.86. The highest BCUT2D eigenvalue weighted by Crippen LogP contribution is 2.28. The minimum absolute atomic E-state index is 0.0597. The van der Waals surface area contributed by atoms with Gasteiger partial charge in [-0.3, -0.25) is 19.9 Å². The van der Waals surface area contributed by atoms with Crippen LogP contribution in [0.25, 0.3) is 0 Å². The summed E-state index contributed by atoms with van der Waals surface area (Å²) < 4.78 is 0. The van der Waals surface area contributed by atoms with Crippen molar-refractivity contribution in [1.29, 1.82) is 0 Å². The number of nitrogens with zero attached hydrogens (tertiary/aromatic N) is 3. The van der Waals surface area contributed by atoms with E-state index in [1.807, 2.05) is 11.8 Å². The van der Waals surface area contributed by atoms with Crippen LogP contribution >= 0.6 is 0 Å². The lowest BCUT2D eigenvalue weighted by molar-refractivity contribution is -0.384. The van der Waals surface area contributed by atoms with Gasteiger partial charge in [-0.1, -0.05) is 25.0 Å². The van der Waals surface area contributed by atoms with Gasteiger partial charge in [-0.15, -0.1) is 0 Å². The molecular formula is C21H32N6O3. The minimum Gasteiger partial charge on any atom is -0.378 e. The van der Waals surface area contributed by atoms with E-state index in [9.17, 15) is 14.9 Å². The van der Waals surface area contributed by atoms with Gasteiger partial charge in [0, 0.05) is 44.2 Å². The third kappa shape index (κ3) is 5.84. The van der Waals surface area contributed by atoms with Gasteiger partial charge in [0.1, 0.15) is 5.69 Å². The van der Waals surface area contributed by atoms with E-state index < -0.39 is 4.92 Å². The number of likely N-dealkylation sites (tertiary alicyclic amines) is 1. The maximum Gasteiger partial charge on any atom is 0.292 e. The van der Waals surface area contributed by atoms with Crippen LogP contribution in [0, 0.1) is 16.0 Å². The first kappa shape index (κ1) is 21.9. The Bertz CT molecular complexity index is 763. The van der Waals surface area contributed by atoms with E-state index in [2.05, 4.69) is 20.9 Å². The molecule has 9 nitrogen and oxygen atoms in total. The number of nitro benzene ring substituents is 1. The van der Waals surface area contributed by atoms with Crippen LogP contribution in [0.5, 0.6) is 0 Å². The molecule has 1 saturated heterocycles. The Morgan fingerprint density at radius 2 is 2.03 bits per heavy atom. The molecule has 0 spiro atoms. The largest absolute Gasteiger partial charge is 0.378 e. The molecule has 1 aliphatic heterocycles. The molecule has 9 heteroatoms. The van der Waals surface area contributed by atoms with Gasteiger partial charge in [0.15, 0.2) is 5.96 Å². The molecule has 1 saturated carbocycles. The van der Waals surface area contributed by atoms with Crippen molar-refractivity contribution < 1.29 is 9.72 Å². The number of rotatable bonds is 8. The number of carbonyl (C=O) groups excluding carboxylic acids is 1. The summed E-state index contributed by atoms with van der Waals surface area (Å²) in [4.78, 5) is 29.9. The van der Waals surface area contributed by atoms with Crippen molar-refractivity contribution in [3.8, 4) is 0 Å². The average molecular weight is 417 g/mol. The third-order valence-corrected chi connectivity index (χ3v) is 5.69. The molecule has 1 aliphatic carbocycles. The predicted molar refractivity (Wildman–Crippen MR) is 118 cm³/mol. The van der Waals surface area contributed by atoms with Crippen LogP contribution in [0.1, 0.15) is 39.0 Å². The lowest BCUT2D eigenvalue weighted by atomic mass is 10.1.